The van der Waals surface area contributed by atoms with E-state index in [0.717, 1.165) is 10.7 Å². The molecule has 1 nitrogen and oxygen atoms in total. The molecule has 0 bridgehead atoms. The minimum absolute atomic E-state index is 0.0972. The second-order valence-electron chi connectivity index (χ2n) is 3.66. The maximum atomic E-state index is 13.5. The van der Waals surface area contributed by atoms with Gasteiger partial charge in [0.25, 0.3) is 0 Å². The summed E-state index contributed by atoms with van der Waals surface area (Å²) in [5.41, 5.74) is 0.912. The number of aromatic nitrogens is 1. The van der Waals surface area contributed by atoms with Crippen LogP contribution in [0.25, 0.3) is 0 Å². The molecule has 1 atom stereocenters. The molecule has 0 amide bonds. The highest BCUT2D eigenvalue weighted by atomic mass is 79.9. The molecule has 2 rings (SSSR count). The second kappa shape index (κ2) is 5.23. The monoisotopic (exact) mass is 317 g/mol. The summed E-state index contributed by atoms with van der Waals surface area (Å²) < 4.78 is 26.9. The maximum absolute atomic E-state index is 13.5. The van der Waals surface area contributed by atoms with Crippen molar-refractivity contribution in [1.82, 2.24) is 4.98 Å². The third kappa shape index (κ3) is 2.90. The van der Waals surface area contributed by atoms with Crippen LogP contribution in [-0.2, 0) is 6.42 Å². The zero-order chi connectivity index (χ0) is 12.4. The van der Waals surface area contributed by atoms with E-state index in [2.05, 4.69) is 20.9 Å². The highest BCUT2D eigenvalue weighted by Crippen LogP contribution is 2.29. The summed E-state index contributed by atoms with van der Waals surface area (Å²) in [6.45, 7) is 1.90. The first-order valence-corrected chi connectivity index (χ1v) is 6.86. The van der Waals surface area contributed by atoms with Gasteiger partial charge in [-0.1, -0.05) is 22.0 Å². The Bertz CT molecular complexity index is 507. The smallest absolute Gasteiger partial charge is 0.129 e. The summed E-state index contributed by atoms with van der Waals surface area (Å²) in [7, 11) is 0. The van der Waals surface area contributed by atoms with Gasteiger partial charge in [-0.2, -0.15) is 0 Å². The van der Waals surface area contributed by atoms with Crippen molar-refractivity contribution in [1.29, 1.82) is 0 Å². The number of halogens is 3. The number of nitrogens with zero attached hydrogens (tertiary/aromatic N) is 1. The molecule has 0 aliphatic rings. The number of alkyl halides is 1. The molecule has 1 aromatic heterocycles. The minimum atomic E-state index is -0.513. The van der Waals surface area contributed by atoms with Crippen molar-refractivity contribution in [3.8, 4) is 0 Å². The van der Waals surface area contributed by atoms with Gasteiger partial charge >= 0.3 is 0 Å². The fraction of sp³-hybridized carbons (Fsp3) is 0.250. The van der Waals surface area contributed by atoms with Gasteiger partial charge < -0.3 is 0 Å². The Morgan fingerprint density at radius 1 is 1.35 bits per heavy atom. The fourth-order valence-corrected chi connectivity index (χ4v) is 2.93. The standard InChI is InChI=1S/C12H10BrF2NS/c1-7-16-12(6-17-7)9(13)5-8-10(14)3-2-4-11(8)15/h2-4,6,9H,5H2,1H3. The lowest BCUT2D eigenvalue weighted by molar-refractivity contribution is 0.553. The molecule has 1 aromatic carbocycles. The zero-order valence-corrected chi connectivity index (χ0v) is 11.5. The van der Waals surface area contributed by atoms with E-state index in [1.807, 2.05) is 12.3 Å². The van der Waals surface area contributed by atoms with Crippen molar-refractivity contribution >= 4 is 27.3 Å². The average Bonchev–Trinajstić information content (AvgIpc) is 2.70. The van der Waals surface area contributed by atoms with Crippen molar-refractivity contribution in [2.45, 2.75) is 18.2 Å². The number of rotatable bonds is 3. The molecule has 0 spiro atoms. The van der Waals surface area contributed by atoms with Crippen molar-refractivity contribution in [3.63, 3.8) is 0 Å². The Balaban J connectivity index is 2.21. The average molecular weight is 318 g/mol. The van der Waals surface area contributed by atoms with E-state index in [1.165, 1.54) is 29.5 Å². The highest BCUT2D eigenvalue weighted by Gasteiger charge is 2.16. The largest absolute Gasteiger partial charge is 0.245 e. The van der Waals surface area contributed by atoms with Crippen LogP contribution in [0.15, 0.2) is 23.6 Å². The first-order valence-electron chi connectivity index (χ1n) is 5.07. The number of thiazole rings is 1. The summed E-state index contributed by atoms with van der Waals surface area (Å²) in [6.07, 6.45) is 0.252. The maximum Gasteiger partial charge on any atom is 0.129 e. The Kier molecular flexibility index (Phi) is 3.89. The van der Waals surface area contributed by atoms with Gasteiger partial charge in [-0.25, -0.2) is 13.8 Å². The third-order valence-corrected chi connectivity index (χ3v) is 3.99. The summed E-state index contributed by atoms with van der Waals surface area (Å²) in [5.74, 6) is -1.03. The van der Waals surface area contributed by atoms with E-state index in [0.29, 0.717) is 0 Å². The van der Waals surface area contributed by atoms with Gasteiger partial charge in [0.05, 0.1) is 15.5 Å². The summed E-state index contributed by atoms with van der Waals surface area (Å²) in [6, 6.07) is 3.90. The summed E-state index contributed by atoms with van der Waals surface area (Å²) >= 11 is 4.94. The van der Waals surface area contributed by atoms with Crippen LogP contribution >= 0.6 is 27.3 Å². The molecule has 0 aliphatic carbocycles. The van der Waals surface area contributed by atoms with Gasteiger partial charge in [-0.3, -0.25) is 0 Å². The van der Waals surface area contributed by atoms with Crippen LogP contribution < -0.4 is 0 Å². The molecule has 0 saturated carbocycles. The fourth-order valence-electron chi connectivity index (χ4n) is 1.54. The van der Waals surface area contributed by atoms with Crippen molar-refractivity contribution in [2.75, 3.05) is 0 Å². The molecular weight excluding hydrogens is 308 g/mol. The Morgan fingerprint density at radius 2 is 2.00 bits per heavy atom. The predicted molar refractivity (Wildman–Crippen MR) is 68.6 cm³/mol. The van der Waals surface area contributed by atoms with Crippen LogP contribution in [0, 0.1) is 18.6 Å². The first-order chi connectivity index (χ1) is 8.08. The molecule has 5 heteroatoms. The second-order valence-corrected chi connectivity index (χ2v) is 5.83. The van der Waals surface area contributed by atoms with Crippen LogP contribution in [0.2, 0.25) is 0 Å². The van der Waals surface area contributed by atoms with Crippen LogP contribution in [0.5, 0.6) is 0 Å². The van der Waals surface area contributed by atoms with E-state index in [9.17, 15) is 8.78 Å². The third-order valence-electron chi connectivity index (χ3n) is 2.40. The van der Waals surface area contributed by atoms with E-state index >= 15 is 0 Å². The van der Waals surface area contributed by atoms with E-state index in [4.69, 9.17) is 0 Å². The van der Waals surface area contributed by atoms with Gasteiger partial charge in [0, 0.05) is 10.9 Å². The van der Waals surface area contributed by atoms with Crippen LogP contribution in [-0.4, -0.2) is 4.98 Å². The lowest BCUT2D eigenvalue weighted by atomic mass is 10.1. The molecule has 17 heavy (non-hydrogen) atoms. The van der Waals surface area contributed by atoms with Crippen molar-refractivity contribution in [2.24, 2.45) is 0 Å². The predicted octanol–water partition coefficient (Wildman–Crippen LogP) is 4.41. The molecule has 1 unspecified atom stereocenters. The topological polar surface area (TPSA) is 12.9 Å². The lowest BCUT2D eigenvalue weighted by Gasteiger charge is -2.09. The molecule has 0 N–H and O–H groups in total. The normalized spacial score (nSPS) is 12.7. The zero-order valence-electron chi connectivity index (χ0n) is 9.08. The highest BCUT2D eigenvalue weighted by molar-refractivity contribution is 9.09. The van der Waals surface area contributed by atoms with Crippen LogP contribution in [0.1, 0.15) is 21.1 Å². The van der Waals surface area contributed by atoms with E-state index in [-0.39, 0.29) is 16.8 Å². The molecule has 2 aromatic rings. The summed E-state index contributed by atoms with van der Waals surface area (Å²) in [5, 5.41) is 2.84. The van der Waals surface area contributed by atoms with Crippen molar-refractivity contribution in [3.05, 3.63) is 51.5 Å². The number of hydrogen-bond acceptors (Lipinski definition) is 2. The number of aryl methyl sites for hydroxylation is 1. The Hall–Kier alpha value is -0.810. The quantitative estimate of drug-likeness (QED) is 0.764. The van der Waals surface area contributed by atoms with Gasteiger partial charge in [-0.05, 0) is 25.5 Å². The van der Waals surface area contributed by atoms with Gasteiger partial charge in [0.2, 0.25) is 0 Å². The first kappa shape index (κ1) is 12.6. The van der Waals surface area contributed by atoms with Gasteiger partial charge in [-0.15, -0.1) is 11.3 Å². The van der Waals surface area contributed by atoms with Crippen molar-refractivity contribution < 1.29 is 8.78 Å². The molecule has 0 aliphatic heterocycles. The summed E-state index contributed by atoms with van der Waals surface area (Å²) in [4.78, 5) is 4.13. The Labute approximate surface area is 111 Å². The number of hydrogen-bond donors (Lipinski definition) is 0. The minimum Gasteiger partial charge on any atom is -0.245 e. The van der Waals surface area contributed by atoms with Crippen LogP contribution in [0.3, 0.4) is 0 Å². The molecule has 0 fully saturated rings. The molecule has 1 heterocycles. The number of benzene rings is 1. The van der Waals surface area contributed by atoms with E-state index < -0.39 is 11.6 Å². The molecule has 0 radical (unpaired) electrons. The Morgan fingerprint density at radius 3 is 2.53 bits per heavy atom. The molecule has 90 valence electrons. The van der Waals surface area contributed by atoms with Gasteiger partial charge in [0.15, 0.2) is 0 Å². The van der Waals surface area contributed by atoms with Gasteiger partial charge in [0.1, 0.15) is 11.6 Å². The van der Waals surface area contributed by atoms with E-state index in [1.54, 1.807) is 0 Å². The molecule has 0 saturated heterocycles. The lowest BCUT2D eigenvalue weighted by Crippen LogP contribution is -2.01. The molecular formula is C12H10BrF2NS. The van der Waals surface area contributed by atoms with Crippen LogP contribution in [0.4, 0.5) is 8.78 Å². The SMILES string of the molecule is Cc1nc(C(Br)Cc2c(F)cccc2F)cs1.